The summed E-state index contributed by atoms with van der Waals surface area (Å²) in [6.07, 6.45) is 1.78. The number of aromatic nitrogens is 2. The number of piperidine rings is 1. The molecule has 1 aromatic carbocycles. The highest BCUT2D eigenvalue weighted by Crippen LogP contribution is 2.17. The standard InChI is InChI=1S/C19H24N4O3S/c1-2-20-17(25)13-6-5-10-22(12-13)16(24)9-11-23-18(26)14-7-3-4-8-15(14)21-19(23)27/h3-4,7-8,13H,2,5-6,9-12H2,1H3,(H,20,25)(H,21,27). The van der Waals surface area contributed by atoms with Gasteiger partial charge in [-0.2, -0.15) is 0 Å². The Morgan fingerprint density at radius 3 is 2.89 bits per heavy atom. The van der Waals surface area contributed by atoms with E-state index in [1.54, 1.807) is 23.1 Å². The number of hydrogen-bond acceptors (Lipinski definition) is 4. The van der Waals surface area contributed by atoms with Crippen molar-refractivity contribution in [3.63, 3.8) is 0 Å². The summed E-state index contributed by atoms with van der Waals surface area (Å²) in [5.74, 6) is -0.212. The molecule has 0 aliphatic carbocycles. The van der Waals surface area contributed by atoms with Gasteiger partial charge in [-0.3, -0.25) is 19.0 Å². The van der Waals surface area contributed by atoms with Gasteiger partial charge in [0.15, 0.2) is 4.77 Å². The fourth-order valence-electron chi connectivity index (χ4n) is 3.50. The van der Waals surface area contributed by atoms with E-state index in [0.29, 0.717) is 35.3 Å². The molecule has 2 N–H and O–H groups in total. The third-order valence-electron chi connectivity index (χ3n) is 4.93. The first-order chi connectivity index (χ1) is 13.0. The smallest absolute Gasteiger partial charge is 0.262 e. The minimum Gasteiger partial charge on any atom is -0.356 e. The van der Waals surface area contributed by atoms with E-state index in [4.69, 9.17) is 12.2 Å². The maximum absolute atomic E-state index is 12.6. The SMILES string of the molecule is CCNC(=O)C1CCCN(C(=O)CCn2c(=S)[nH]c3ccccc3c2=O)C1. The van der Waals surface area contributed by atoms with Crippen molar-refractivity contribution in [1.82, 2.24) is 19.8 Å². The summed E-state index contributed by atoms with van der Waals surface area (Å²) in [6, 6.07) is 7.17. The lowest BCUT2D eigenvalue weighted by Crippen LogP contribution is -2.45. The largest absolute Gasteiger partial charge is 0.356 e. The normalized spacial score (nSPS) is 17.1. The van der Waals surface area contributed by atoms with Gasteiger partial charge in [0.1, 0.15) is 0 Å². The van der Waals surface area contributed by atoms with Gasteiger partial charge in [-0.05, 0) is 44.1 Å². The number of fused-ring (bicyclic) bond motifs is 1. The minimum atomic E-state index is -0.194. The molecule has 3 rings (SSSR count). The molecule has 0 saturated carbocycles. The zero-order chi connectivity index (χ0) is 19.4. The number of likely N-dealkylation sites (tertiary alicyclic amines) is 1. The molecule has 0 spiro atoms. The number of hydrogen-bond donors (Lipinski definition) is 2. The molecule has 1 aliphatic heterocycles. The number of para-hydroxylation sites is 1. The summed E-state index contributed by atoms with van der Waals surface area (Å²) in [5.41, 5.74) is 0.497. The van der Waals surface area contributed by atoms with Crippen LogP contribution in [0, 0.1) is 10.7 Å². The summed E-state index contributed by atoms with van der Waals surface area (Å²) in [4.78, 5) is 42.1. The summed E-state index contributed by atoms with van der Waals surface area (Å²) in [6.45, 7) is 3.78. The number of H-pyrrole nitrogens is 1. The van der Waals surface area contributed by atoms with E-state index in [1.807, 2.05) is 13.0 Å². The number of carbonyl (C=O) groups excluding carboxylic acids is 2. The topological polar surface area (TPSA) is 87.2 Å². The third-order valence-corrected chi connectivity index (χ3v) is 5.26. The predicted octanol–water partition coefficient (Wildman–Crippen LogP) is 1.82. The van der Waals surface area contributed by atoms with Crippen molar-refractivity contribution in [3.05, 3.63) is 39.4 Å². The Morgan fingerprint density at radius 1 is 1.33 bits per heavy atom. The number of carbonyl (C=O) groups is 2. The second-order valence-electron chi connectivity index (χ2n) is 6.76. The Balaban J connectivity index is 1.69. The average molecular weight is 388 g/mol. The Kier molecular flexibility index (Phi) is 6.05. The van der Waals surface area contributed by atoms with Gasteiger partial charge in [-0.1, -0.05) is 12.1 Å². The Morgan fingerprint density at radius 2 is 2.11 bits per heavy atom. The van der Waals surface area contributed by atoms with Gasteiger partial charge in [0, 0.05) is 32.6 Å². The highest BCUT2D eigenvalue weighted by atomic mass is 32.1. The molecule has 2 amide bonds. The van der Waals surface area contributed by atoms with E-state index >= 15 is 0 Å². The fourth-order valence-corrected chi connectivity index (χ4v) is 3.79. The van der Waals surface area contributed by atoms with E-state index in [1.165, 1.54) is 4.57 Å². The van der Waals surface area contributed by atoms with Gasteiger partial charge in [-0.15, -0.1) is 0 Å². The van der Waals surface area contributed by atoms with Crippen LogP contribution < -0.4 is 10.9 Å². The molecule has 1 saturated heterocycles. The first-order valence-corrected chi connectivity index (χ1v) is 9.69. The predicted molar refractivity (Wildman–Crippen MR) is 106 cm³/mol. The molecule has 1 fully saturated rings. The van der Waals surface area contributed by atoms with Crippen LogP contribution in [0.4, 0.5) is 0 Å². The zero-order valence-electron chi connectivity index (χ0n) is 15.4. The molecule has 27 heavy (non-hydrogen) atoms. The first kappa shape index (κ1) is 19.3. The lowest BCUT2D eigenvalue weighted by Gasteiger charge is -2.32. The molecular formula is C19H24N4O3S. The van der Waals surface area contributed by atoms with Gasteiger partial charge < -0.3 is 15.2 Å². The van der Waals surface area contributed by atoms with Gasteiger partial charge in [0.05, 0.1) is 16.8 Å². The van der Waals surface area contributed by atoms with Gasteiger partial charge in [0.25, 0.3) is 5.56 Å². The van der Waals surface area contributed by atoms with Crippen LogP contribution in [0.25, 0.3) is 10.9 Å². The molecule has 7 nitrogen and oxygen atoms in total. The van der Waals surface area contributed by atoms with Crippen molar-refractivity contribution in [1.29, 1.82) is 0 Å². The van der Waals surface area contributed by atoms with E-state index < -0.39 is 0 Å². The molecule has 0 bridgehead atoms. The van der Waals surface area contributed by atoms with Crippen molar-refractivity contribution >= 4 is 34.9 Å². The van der Waals surface area contributed by atoms with Crippen LogP contribution in [0.15, 0.2) is 29.1 Å². The first-order valence-electron chi connectivity index (χ1n) is 9.28. The maximum Gasteiger partial charge on any atom is 0.262 e. The van der Waals surface area contributed by atoms with Crippen molar-refractivity contribution in [3.8, 4) is 0 Å². The van der Waals surface area contributed by atoms with Crippen LogP contribution in [-0.2, 0) is 16.1 Å². The second kappa shape index (κ2) is 8.47. The molecule has 1 aliphatic rings. The van der Waals surface area contributed by atoms with E-state index in [2.05, 4.69) is 10.3 Å². The van der Waals surface area contributed by atoms with E-state index in [9.17, 15) is 14.4 Å². The number of nitrogens with one attached hydrogen (secondary N) is 2. The Hall–Kier alpha value is -2.48. The van der Waals surface area contributed by atoms with Crippen molar-refractivity contribution in [2.24, 2.45) is 5.92 Å². The van der Waals surface area contributed by atoms with Gasteiger partial charge in [-0.25, -0.2) is 0 Å². The average Bonchev–Trinajstić information content (AvgIpc) is 2.68. The summed E-state index contributed by atoms with van der Waals surface area (Å²) >= 11 is 5.29. The van der Waals surface area contributed by atoms with Gasteiger partial charge >= 0.3 is 0 Å². The van der Waals surface area contributed by atoms with Crippen molar-refractivity contribution in [2.75, 3.05) is 19.6 Å². The van der Waals surface area contributed by atoms with Crippen molar-refractivity contribution in [2.45, 2.75) is 32.7 Å². The number of benzene rings is 1. The van der Waals surface area contributed by atoms with E-state index in [0.717, 1.165) is 12.8 Å². The zero-order valence-corrected chi connectivity index (χ0v) is 16.2. The lowest BCUT2D eigenvalue weighted by atomic mass is 9.97. The number of aromatic amines is 1. The number of amides is 2. The second-order valence-corrected chi connectivity index (χ2v) is 7.14. The van der Waals surface area contributed by atoms with Crippen LogP contribution in [0.1, 0.15) is 26.2 Å². The van der Waals surface area contributed by atoms with Gasteiger partial charge in [0.2, 0.25) is 11.8 Å². The fraction of sp³-hybridized carbons (Fsp3) is 0.474. The summed E-state index contributed by atoms with van der Waals surface area (Å²) < 4.78 is 1.74. The molecule has 2 aromatic rings. The molecule has 1 unspecified atom stereocenters. The van der Waals surface area contributed by atoms with Crippen LogP contribution in [-0.4, -0.2) is 45.9 Å². The molecule has 1 aromatic heterocycles. The number of rotatable bonds is 5. The molecule has 144 valence electrons. The molecule has 1 atom stereocenters. The van der Waals surface area contributed by atoms with Crippen LogP contribution in [0.3, 0.4) is 0 Å². The van der Waals surface area contributed by atoms with E-state index in [-0.39, 0.29) is 36.3 Å². The lowest BCUT2D eigenvalue weighted by molar-refractivity contribution is -0.135. The molecular weight excluding hydrogens is 364 g/mol. The highest BCUT2D eigenvalue weighted by Gasteiger charge is 2.27. The minimum absolute atomic E-state index is 0.00296. The van der Waals surface area contributed by atoms with Crippen LogP contribution in [0.2, 0.25) is 0 Å². The molecule has 2 heterocycles. The third kappa shape index (κ3) is 4.27. The number of nitrogens with zero attached hydrogens (tertiary/aromatic N) is 2. The monoisotopic (exact) mass is 388 g/mol. The maximum atomic E-state index is 12.6. The summed E-state index contributed by atoms with van der Waals surface area (Å²) in [5, 5.41) is 3.37. The van der Waals surface area contributed by atoms with Crippen LogP contribution >= 0.6 is 12.2 Å². The molecule has 8 heteroatoms. The quantitative estimate of drug-likeness (QED) is 0.765. The molecule has 0 radical (unpaired) electrons. The summed E-state index contributed by atoms with van der Waals surface area (Å²) in [7, 11) is 0. The Bertz CT molecular complexity index is 965. The van der Waals surface area contributed by atoms with Crippen molar-refractivity contribution < 1.29 is 9.59 Å². The highest BCUT2D eigenvalue weighted by molar-refractivity contribution is 7.71. The Labute approximate surface area is 162 Å². The van der Waals surface area contributed by atoms with Crippen LogP contribution in [0.5, 0.6) is 0 Å².